The van der Waals surface area contributed by atoms with E-state index in [2.05, 4.69) is 30.9 Å². The van der Waals surface area contributed by atoms with Gasteiger partial charge in [0.1, 0.15) is 0 Å². The lowest BCUT2D eigenvalue weighted by atomic mass is 9.75. The fraction of sp³-hybridized carbons (Fsp3) is 1.00. The van der Waals surface area contributed by atoms with Crippen molar-refractivity contribution in [3.8, 4) is 0 Å². The van der Waals surface area contributed by atoms with Crippen LogP contribution in [0.2, 0.25) is 0 Å². The van der Waals surface area contributed by atoms with Crippen molar-refractivity contribution in [2.24, 2.45) is 0 Å². The van der Waals surface area contributed by atoms with Crippen molar-refractivity contribution in [3.05, 3.63) is 0 Å². The molecule has 0 atom stereocenters. The fourth-order valence-electron chi connectivity index (χ4n) is 2.24. The van der Waals surface area contributed by atoms with Gasteiger partial charge in [0, 0.05) is 18.0 Å². The summed E-state index contributed by atoms with van der Waals surface area (Å²) in [5, 5.41) is 0. The SMILES string of the molecule is CN(CCCCl)CC1(N(C)C)CCC1. The van der Waals surface area contributed by atoms with Crippen molar-refractivity contribution in [1.82, 2.24) is 9.80 Å². The second-order valence-electron chi connectivity index (χ2n) is 4.75. The summed E-state index contributed by atoms with van der Waals surface area (Å²) >= 11 is 5.69. The highest BCUT2D eigenvalue weighted by Gasteiger charge is 2.39. The Morgan fingerprint density at radius 1 is 1.21 bits per heavy atom. The van der Waals surface area contributed by atoms with Crippen LogP contribution in [0, 0.1) is 0 Å². The predicted octanol–water partition coefficient (Wildman–Crippen LogP) is 2.03. The van der Waals surface area contributed by atoms with Gasteiger partial charge in [0.2, 0.25) is 0 Å². The lowest BCUT2D eigenvalue weighted by Gasteiger charge is -2.49. The molecular weight excluding hydrogens is 196 g/mol. The van der Waals surface area contributed by atoms with Gasteiger partial charge in [-0.1, -0.05) is 0 Å². The van der Waals surface area contributed by atoms with Crippen LogP contribution in [0.4, 0.5) is 0 Å². The zero-order valence-corrected chi connectivity index (χ0v) is 10.5. The molecule has 0 saturated heterocycles. The molecule has 0 amide bonds. The molecule has 0 aliphatic heterocycles. The molecule has 0 aromatic rings. The summed E-state index contributed by atoms with van der Waals surface area (Å²) in [5.41, 5.74) is 0.459. The normalized spacial score (nSPS) is 20.1. The Balaban J connectivity index is 2.33. The van der Waals surface area contributed by atoms with Crippen molar-refractivity contribution in [2.75, 3.05) is 40.1 Å². The van der Waals surface area contributed by atoms with Gasteiger partial charge >= 0.3 is 0 Å². The summed E-state index contributed by atoms with van der Waals surface area (Å²) in [5.74, 6) is 0.777. The maximum absolute atomic E-state index is 5.69. The van der Waals surface area contributed by atoms with Crippen LogP contribution in [0.5, 0.6) is 0 Å². The number of hydrogen-bond donors (Lipinski definition) is 0. The average Bonchev–Trinajstić information content (AvgIpc) is 2.07. The van der Waals surface area contributed by atoms with Crippen LogP contribution in [-0.2, 0) is 0 Å². The van der Waals surface area contributed by atoms with Gasteiger partial charge in [-0.25, -0.2) is 0 Å². The minimum atomic E-state index is 0.459. The fourth-order valence-corrected chi connectivity index (χ4v) is 2.36. The summed E-state index contributed by atoms with van der Waals surface area (Å²) in [4.78, 5) is 4.81. The van der Waals surface area contributed by atoms with Crippen LogP contribution in [0.3, 0.4) is 0 Å². The third-order valence-electron chi connectivity index (χ3n) is 3.47. The van der Waals surface area contributed by atoms with E-state index in [1.807, 2.05) is 0 Å². The molecule has 1 aliphatic carbocycles. The topological polar surface area (TPSA) is 6.48 Å². The highest BCUT2D eigenvalue weighted by atomic mass is 35.5. The Kier molecular flexibility index (Phi) is 4.68. The van der Waals surface area contributed by atoms with Crippen molar-refractivity contribution in [1.29, 1.82) is 0 Å². The predicted molar refractivity (Wildman–Crippen MR) is 63.1 cm³/mol. The highest BCUT2D eigenvalue weighted by Crippen LogP contribution is 2.36. The van der Waals surface area contributed by atoms with Crippen LogP contribution < -0.4 is 0 Å². The molecule has 14 heavy (non-hydrogen) atoms. The molecule has 0 heterocycles. The third kappa shape index (κ3) is 2.85. The summed E-state index contributed by atoms with van der Waals surface area (Å²) < 4.78 is 0. The molecule has 0 bridgehead atoms. The summed E-state index contributed by atoms with van der Waals surface area (Å²) in [6.07, 6.45) is 5.19. The van der Waals surface area contributed by atoms with Crippen molar-refractivity contribution >= 4 is 11.6 Å². The number of halogens is 1. The van der Waals surface area contributed by atoms with E-state index in [9.17, 15) is 0 Å². The quantitative estimate of drug-likeness (QED) is 0.630. The number of nitrogens with zero attached hydrogens (tertiary/aromatic N) is 2. The molecule has 1 saturated carbocycles. The average molecular weight is 219 g/mol. The number of hydrogen-bond acceptors (Lipinski definition) is 2. The zero-order valence-electron chi connectivity index (χ0n) is 9.72. The molecule has 0 N–H and O–H groups in total. The zero-order chi connectivity index (χ0) is 10.6. The van der Waals surface area contributed by atoms with E-state index >= 15 is 0 Å². The lowest BCUT2D eigenvalue weighted by molar-refractivity contribution is 0.0280. The first-order valence-corrected chi connectivity index (χ1v) is 6.06. The maximum Gasteiger partial charge on any atom is 0.0330 e. The second kappa shape index (κ2) is 5.34. The van der Waals surface area contributed by atoms with Gasteiger partial charge in [0.25, 0.3) is 0 Å². The summed E-state index contributed by atoms with van der Waals surface area (Å²) in [6, 6.07) is 0. The Morgan fingerprint density at radius 3 is 2.21 bits per heavy atom. The molecule has 0 aromatic carbocycles. The first-order valence-electron chi connectivity index (χ1n) is 5.53. The van der Waals surface area contributed by atoms with E-state index in [4.69, 9.17) is 11.6 Å². The van der Waals surface area contributed by atoms with Gasteiger partial charge in [0.15, 0.2) is 0 Å². The Hall–Kier alpha value is 0.210. The number of likely N-dealkylation sites (N-methyl/N-ethyl adjacent to an activating group) is 2. The van der Waals surface area contributed by atoms with Crippen LogP contribution in [-0.4, -0.2) is 55.5 Å². The highest BCUT2D eigenvalue weighted by molar-refractivity contribution is 6.17. The van der Waals surface area contributed by atoms with Gasteiger partial charge in [-0.2, -0.15) is 0 Å². The minimum Gasteiger partial charge on any atom is -0.304 e. The third-order valence-corrected chi connectivity index (χ3v) is 3.74. The summed E-state index contributed by atoms with van der Waals surface area (Å²) in [7, 11) is 6.61. The van der Waals surface area contributed by atoms with Gasteiger partial charge in [-0.05, 0) is 53.4 Å². The van der Waals surface area contributed by atoms with Crippen LogP contribution >= 0.6 is 11.6 Å². The molecule has 2 nitrogen and oxygen atoms in total. The van der Waals surface area contributed by atoms with E-state index in [0.717, 1.165) is 18.8 Å². The molecule has 3 heteroatoms. The van der Waals surface area contributed by atoms with E-state index in [0.29, 0.717) is 5.54 Å². The van der Waals surface area contributed by atoms with Crippen LogP contribution in [0.25, 0.3) is 0 Å². The summed E-state index contributed by atoms with van der Waals surface area (Å²) in [6.45, 7) is 2.32. The van der Waals surface area contributed by atoms with Gasteiger partial charge in [-0.3, -0.25) is 0 Å². The van der Waals surface area contributed by atoms with E-state index < -0.39 is 0 Å². The Labute approximate surface area is 93.2 Å². The van der Waals surface area contributed by atoms with Crippen LogP contribution in [0.15, 0.2) is 0 Å². The van der Waals surface area contributed by atoms with Gasteiger partial charge < -0.3 is 9.80 Å². The smallest absolute Gasteiger partial charge is 0.0330 e. The molecule has 0 radical (unpaired) electrons. The van der Waals surface area contributed by atoms with Gasteiger partial charge in [-0.15, -0.1) is 11.6 Å². The van der Waals surface area contributed by atoms with E-state index in [1.54, 1.807) is 0 Å². The number of rotatable bonds is 6. The first-order chi connectivity index (χ1) is 6.60. The standard InChI is InChI=1S/C11H23ClN2/c1-13(2)11(6-4-7-11)10-14(3)9-5-8-12/h4-10H2,1-3H3. The maximum atomic E-state index is 5.69. The monoisotopic (exact) mass is 218 g/mol. The largest absolute Gasteiger partial charge is 0.304 e. The second-order valence-corrected chi connectivity index (χ2v) is 5.13. The van der Waals surface area contributed by atoms with Crippen molar-refractivity contribution in [3.63, 3.8) is 0 Å². The van der Waals surface area contributed by atoms with E-state index in [-0.39, 0.29) is 0 Å². The Bertz CT molecular complexity index is 167. The molecule has 1 aliphatic rings. The first kappa shape index (κ1) is 12.3. The minimum absolute atomic E-state index is 0.459. The molecule has 84 valence electrons. The molecule has 1 fully saturated rings. The van der Waals surface area contributed by atoms with Crippen LogP contribution in [0.1, 0.15) is 25.7 Å². The Morgan fingerprint density at radius 2 is 1.86 bits per heavy atom. The molecule has 0 spiro atoms. The molecule has 1 rings (SSSR count). The molecule has 0 unspecified atom stereocenters. The van der Waals surface area contributed by atoms with Gasteiger partial charge in [0.05, 0.1) is 0 Å². The number of alkyl halides is 1. The van der Waals surface area contributed by atoms with E-state index in [1.165, 1.54) is 25.8 Å². The lowest BCUT2D eigenvalue weighted by Crippen LogP contribution is -2.56. The van der Waals surface area contributed by atoms with Crippen molar-refractivity contribution in [2.45, 2.75) is 31.2 Å². The molecule has 0 aromatic heterocycles. The van der Waals surface area contributed by atoms with Crippen molar-refractivity contribution < 1.29 is 0 Å². The molecular formula is C11H23ClN2.